The van der Waals surface area contributed by atoms with Gasteiger partial charge in [0.15, 0.2) is 0 Å². The standard InChI is InChI=1S/C15H26N2O6S/c1-2-24(21,22)17-7-3-5-11(9-17)14(18)16-13(15(19)20)12-6-4-8-23-10-12/h11-13H,2-10H2,1H3,(H,16,18)(H,19,20). The number of carbonyl (C=O) groups excluding carboxylic acids is 1. The number of rotatable bonds is 6. The lowest BCUT2D eigenvalue weighted by Gasteiger charge is -2.33. The number of aliphatic carboxylic acids is 1. The maximum Gasteiger partial charge on any atom is 0.326 e. The van der Waals surface area contributed by atoms with Gasteiger partial charge in [-0.25, -0.2) is 17.5 Å². The Morgan fingerprint density at radius 3 is 2.67 bits per heavy atom. The summed E-state index contributed by atoms with van der Waals surface area (Å²) in [5.41, 5.74) is 0. The summed E-state index contributed by atoms with van der Waals surface area (Å²) >= 11 is 0. The number of sulfonamides is 1. The molecular weight excluding hydrogens is 336 g/mol. The highest BCUT2D eigenvalue weighted by Crippen LogP contribution is 2.22. The minimum atomic E-state index is -3.34. The number of ether oxygens (including phenoxy) is 1. The van der Waals surface area contributed by atoms with Crippen LogP contribution in [0.4, 0.5) is 0 Å². The first-order valence-electron chi connectivity index (χ1n) is 8.44. The van der Waals surface area contributed by atoms with Crippen molar-refractivity contribution in [1.82, 2.24) is 9.62 Å². The molecule has 2 saturated heterocycles. The number of carbonyl (C=O) groups is 2. The second kappa shape index (κ2) is 8.26. The Morgan fingerprint density at radius 1 is 1.33 bits per heavy atom. The van der Waals surface area contributed by atoms with E-state index in [1.54, 1.807) is 6.92 Å². The van der Waals surface area contributed by atoms with E-state index in [-0.39, 0.29) is 24.1 Å². The molecule has 8 nitrogen and oxygen atoms in total. The molecule has 0 aromatic heterocycles. The van der Waals surface area contributed by atoms with Crippen molar-refractivity contribution in [2.24, 2.45) is 11.8 Å². The van der Waals surface area contributed by atoms with Crippen LogP contribution in [-0.2, 0) is 24.3 Å². The molecule has 2 fully saturated rings. The second-order valence-corrected chi connectivity index (χ2v) is 8.66. The van der Waals surface area contributed by atoms with Gasteiger partial charge >= 0.3 is 5.97 Å². The average Bonchev–Trinajstić information content (AvgIpc) is 2.60. The number of piperidine rings is 1. The first-order valence-corrected chi connectivity index (χ1v) is 10.0. The molecule has 2 N–H and O–H groups in total. The lowest BCUT2D eigenvalue weighted by molar-refractivity contribution is -0.146. The van der Waals surface area contributed by atoms with Crippen molar-refractivity contribution in [3.8, 4) is 0 Å². The fourth-order valence-corrected chi connectivity index (χ4v) is 4.45. The van der Waals surface area contributed by atoms with E-state index in [0.717, 1.165) is 6.42 Å². The number of nitrogens with one attached hydrogen (secondary N) is 1. The lowest BCUT2D eigenvalue weighted by Crippen LogP contribution is -2.53. The maximum atomic E-state index is 12.5. The predicted octanol–water partition coefficient (Wildman–Crippen LogP) is 0.0441. The van der Waals surface area contributed by atoms with Crippen LogP contribution in [0.25, 0.3) is 0 Å². The van der Waals surface area contributed by atoms with Gasteiger partial charge in [0.25, 0.3) is 0 Å². The molecule has 0 aromatic carbocycles. The van der Waals surface area contributed by atoms with E-state index in [2.05, 4.69) is 5.32 Å². The molecule has 138 valence electrons. The van der Waals surface area contributed by atoms with E-state index in [1.165, 1.54) is 4.31 Å². The number of amides is 1. The van der Waals surface area contributed by atoms with Gasteiger partial charge in [-0.15, -0.1) is 0 Å². The Kier molecular flexibility index (Phi) is 6.59. The van der Waals surface area contributed by atoms with E-state index >= 15 is 0 Å². The first kappa shape index (κ1) is 19.1. The van der Waals surface area contributed by atoms with E-state index < -0.39 is 28.0 Å². The topological polar surface area (TPSA) is 113 Å². The Balaban J connectivity index is 2.00. The molecule has 0 aliphatic carbocycles. The molecular formula is C15H26N2O6S. The highest BCUT2D eigenvalue weighted by atomic mass is 32.2. The summed E-state index contributed by atoms with van der Waals surface area (Å²) in [5, 5.41) is 12.0. The molecule has 0 aromatic rings. The van der Waals surface area contributed by atoms with Crippen LogP contribution >= 0.6 is 0 Å². The zero-order chi connectivity index (χ0) is 17.7. The van der Waals surface area contributed by atoms with Gasteiger partial charge in [0.1, 0.15) is 6.04 Å². The smallest absolute Gasteiger partial charge is 0.326 e. The van der Waals surface area contributed by atoms with Gasteiger partial charge in [0, 0.05) is 25.6 Å². The third kappa shape index (κ3) is 4.67. The van der Waals surface area contributed by atoms with Gasteiger partial charge in [0.05, 0.1) is 18.3 Å². The van der Waals surface area contributed by atoms with E-state index in [0.29, 0.717) is 39.0 Å². The predicted molar refractivity (Wildman–Crippen MR) is 86.9 cm³/mol. The summed E-state index contributed by atoms with van der Waals surface area (Å²) < 4.78 is 30.6. The van der Waals surface area contributed by atoms with Crippen molar-refractivity contribution in [3.05, 3.63) is 0 Å². The molecule has 3 unspecified atom stereocenters. The molecule has 2 aliphatic heterocycles. The Morgan fingerprint density at radius 2 is 2.08 bits per heavy atom. The zero-order valence-electron chi connectivity index (χ0n) is 13.9. The highest BCUT2D eigenvalue weighted by molar-refractivity contribution is 7.89. The van der Waals surface area contributed by atoms with E-state index in [1.807, 2.05) is 0 Å². The molecule has 3 atom stereocenters. The molecule has 0 spiro atoms. The molecule has 2 heterocycles. The van der Waals surface area contributed by atoms with Crippen LogP contribution in [0.2, 0.25) is 0 Å². The molecule has 2 aliphatic rings. The Labute approximate surface area is 142 Å². The molecule has 1 amide bonds. The van der Waals surface area contributed by atoms with Crippen LogP contribution in [0.5, 0.6) is 0 Å². The van der Waals surface area contributed by atoms with Crippen LogP contribution < -0.4 is 5.32 Å². The number of nitrogens with zero attached hydrogens (tertiary/aromatic N) is 1. The van der Waals surface area contributed by atoms with Gasteiger partial charge in [0.2, 0.25) is 15.9 Å². The van der Waals surface area contributed by atoms with Crippen molar-refractivity contribution in [3.63, 3.8) is 0 Å². The summed E-state index contributed by atoms with van der Waals surface area (Å²) in [4.78, 5) is 24.0. The van der Waals surface area contributed by atoms with E-state index in [4.69, 9.17) is 4.74 Å². The fraction of sp³-hybridized carbons (Fsp3) is 0.867. The summed E-state index contributed by atoms with van der Waals surface area (Å²) in [5.74, 6) is -2.22. The summed E-state index contributed by atoms with van der Waals surface area (Å²) in [6, 6.07) is -0.990. The Hall–Kier alpha value is -1.19. The van der Waals surface area contributed by atoms with Crippen LogP contribution in [0.1, 0.15) is 32.6 Å². The summed E-state index contributed by atoms with van der Waals surface area (Å²) in [6.07, 6.45) is 2.63. The minimum Gasteiger partial charge on any atom is -0.480 e. The first-order chi connectivity index (χ1) is 11.3. The van der Waals surface area contributed by atoms with E-state index in [9.17, 15) is 23.1 Å². The second-order valence-electron chi connectivity index (χ2n) is 6.40. The third-order valence-corrected chi connectivity index (χ3v) is 6.59. The van der Waals surface area contributed by atoms with Gasteiger partial charge in [-0.1, -0.05) is 0 Å². The van der Waals surface area contributed by atoms with Crippen LogP contribution in [-0.4, -0.2) is 67.8 Å². The molecule has 0 radical (unpaired) electrons. The molecule has 2 rings (SSSR count). The number of hydrogen-bond acceptors (Lipinski definition) is 5. The summed E-state index contributed by atoms with van der Waals surface area (Å²) in [6.45, 7) is 3.04. The van der Waals surface area contributed by atoms with Gasteiger partial charge in [-0.3, -0.25) is 4.79 Å². The number of hydrogen-bond donors (Lipinski definition) is 2. The van der Waals surface area contributed by atoms with Crippen molar-refractivity contribution in [2.45, 2.75) is 38.6 Å². The van der Waals surface area contributed by atoms with Crippen molar-refractivity contribution in [1.29, 1.82) is 0 Å². The van der Waals surface area contributed by atoms with Crippen molar-refractivity contribution >= 4 is 21.9 Å². The normalized spacial score (nSPS) is 27.4. The lowest BCUT2D eigenvalue weighted by atomic mass is 9.92. The molecule has 9 heteroatoms. The number of carboxylic acids is 1. The SMILES string of the molecule is CCS(=O)(=O)N1CCCC(C(=O)NC(C(=O)O)C2CCCOC2)C1. The van der Waals surface area contributed by atoms with Crippen LogP contribution in [0.15, 0.2) is 0 Å². The van der Waals surface area contributed by atoms with Gasteiger partial charge in [-0.2, -0.15) is 0 Å². The van der Waals surface area contributed by atoms with Crippen LogP contribution in [0.3, 0.4) is 0 Å². The summed E-state index contributed by atoms with van der Waals surface area (Å²) in [7, 11) is -3.34. The van der Waals surface area contributed by atoms with Crippen LogP contribution in [0, 0.1) is 11.8 Å². The molecule has 0 saturated carbocycles. The van der Waals surface area contributed by atoms with Gasteiger partial charge < -0.3 is 15.2 Å². The zero-order valence-corrected chi connectivity index (χ0v) is 14.8. The average molecular weight is 362 g/mol. The quantitative estimate of drug-likeness (QED) is 0.690. The minimum absolute atomic E-state index is 0.00149. The van der Waals surface area contributed by atoms with Gasteiger partial charge in [-0.05, 0) is 32.6 Å². The maximum absolute atomic E-state index is 12.5. The van der Waals surface area contributed by atoms with Crippen molar-refractivity contribution in [2.75, 3.05) is 32.1 Å². The highest BCUT2D eigenvalue weighted by Gasteiger charge is 2.36. The third-order valence-electron chi connectivity index (χ3n) is 4.74. The fourth-order valence-electron chi connectivity index (χ4n) is 3.27. The molecule has 0 bridgehead atoms. The Bertz CT molecular complexity index is 558. The van der Waals surface area contributed by atoms with Crippen molar-refractivity contribution < 1.29 is 27.9 Å². The number of carboxylic acid groups (broad SMARTS) is 1. The monoisotopic (exact) mass is 362 g/mol. The largest absolute Gasteiger partial charge is 0.480 e. The molecule has 24 heavy (non-hydrogen) atoms.